The van der Waals surface area contributed by atoms with Gasteiger partial charge < -0.3 is 14.7 Å². The van der Waals surface area contributed by atoms with Crippen LogP contribution in [0.1, 0.15) is 25.0 Å². The molecule has 21 heavy (non-hydrogen) atoms. The maximum absolute atomic E-state index is 12.0. The highest BCUT2D eigenvalue weighted by atomic mass is 16.5. The number of likely N-dealkylation sites (tertiary alicyclic amines) is 1. The van der Waals surface area contributed by atoms with Crippen LogP contribution in [0.4, 0.5) is 0 Å². The van der Waals surface area contributed by atoms with Crippen molar-refractivity contribution in [3.63, 3.8) is 0 Å². The van der Waals surface area contributed by atoms with Crippen molar-refractivity contribution in [2.24, 2.45) is 5.92 Å². The fraction of sp³-hybridized carbons (Fsp3) is 0.471. The van der Waals surface area contributed by atoms with Crippen LogP contribution in [0, 0.1) is 5.92 Å². The second-order valence-corrected chi connectivity index (χ2v) is 6.25. The second-order valence-electron chi connectivity index (χ2n) is 6.25. The molecule has 0 aromatic heterocycles. The molecule has 1 fully saturated rings. The topological polar surface area (TPSA) is 49.8 Å². The standard InChI is InChI=1S/C17H21NO3/c1-12(2)17(20)10-18(11-17)16(19)6-4-13-3-5-15-14(9-13)7-8-21-15/h3-6,9,12,20H,7-8,10-11H2,1-2H3. The van der Waals surface area contributed by atoms with Crippen LogP contribution in [-0.2, 0) is 11.2 Å². The molecule has 1 aromatic rings. The Morgan fingerprint density at radius 2 is 2.19 bits per heavy atom. The quantitative estimate of drug-likeness (QED) is 0.863. The summed E-state index contributed by atoms with van der Waals surface area (Å²) in [6.07, 6.45) is 4.34. The Bertz CT molecular complexity index is 586. The molecule has 1 aromatic carbocycles. The van der Waals surface area contributed by atoms with E-state index in [-0.39, 0.29) is 11.8 Å². The van der Waals surface area contributed by atoms with Crippen LogP contribution in [0.15, 0.2) is 24.3 Å². The molecular weight excluding hydrogens is 266 g/mol. The molecule has 2 aliphatic rings. The smallest absolute Gasteiger partial charge is 0.246 e. The number of amides is 1. The van der Waals surface area contributed by atoms with Crippen molar-refractivity contribution in [1.82, 2.24) is 4.90 Å². The van der Waals surface area contributed by atoms with Crippen molar-refractivity contribution >= 4 is 12.0 Å². The number of nitrogens with zero attached hydrogens (tertiary/aromatic N) is 1. The Kier molecular flexibility index (Phi) is 3.49. The average Bonchev–Trinajstić information content (AvgIpc) is 2.88. The highest BCUT2D eigenvalue weighted by Gasteiger charge is 2.45. The first-order valence-corrected chi connectivity index (χ1v) is 7.43. The molecule has 0 bridgehead atoms. The summed E-state index contributed by atoms with van der Waals surface area (Å²) >= 11 is 0. The van der Waals surface area contributed by atoms with Gasteiger partial charge in [0.2, 0.25) is 5.91 Å². The summed E-state index contributed by atoms with van der Waals surface area (Å²) in [5, 5.41) is 10.2. The molecule has 4 heteroatoms. The lowest BCUT2D eigenvalue weighted by Gasteiger charge is -2.48. The molecule has 0 saturated carbocycles. The van der Waals surface area contributed by atoms with Crippen molar-refractivity contribution in [3.05, 3.63) is 35.4 Å². The predicted octanol–water partition coefficient (Wildman–Crippen LogP) is 1.86. The minimum Gasteiger partial charge on any atom is -0.493 e. The van der Waals surface area contributed by atoms with Crippen molar-refractivity contribution in [1.29, 1.82) is 0 Å². The van der Waals surface area contributed by atoms with Gasteiger partial charge in [0.05, 0.1) is 19.7 Å². The summed E-state index contributed by atoms with van der Waals surface area (Å²) < 4.78 is 5.46. The summed E-state index contributed by atoms with van der Waals surface area (Å²) in [6.45, 7) is 5.54. The van der Waals surface area contributed by atoms with E-state index in [1.54, 1.807) is 11.0 Å². The molecule has 2 aliphatic heterocycles. The Morgan fingerprint density at radius 1 is 1.43 bits per heavy atom. The van der Waals surface area contributed by atoms with Crippen molar-refractivity contribution in [2.75, 3.05) is 19.7 Å². The fourth-order valence-corrected chi connectivity index (χ4v) is 2.72. The van der Waals surface area contributed by atoms with Gasteiger partial charge in [-0.25, -0.2) is 0 Å². The van der Waals surface area contributed by atoms with E-state index in [1.165, 1.54) is 5.56 Å². The van der Waals surface area contributed by atoms with Crippen LogP contribution in [-0.4, -0.2) is 41.2 Å². The van der Waals surface area contributed by atoms with E-state index in [0.717, 1.165) is 24.3 Å². The zero-order valence-corrected chi connectivity index (χ0v) is 12.5. The minimum absolute atomic E-state index is 0.0444. The van der Waals surface area contributed by atoms with Gasteiger partial charge in [0.1, 0.15) is 11.4 Å². The van der Waals surface area contributed by atoms with E-state index in [0.29, 0.717) is 13.1 Å². The van der Waals surface area contributed by atoms with Crippen LogP contribution in [0.3, 0.4) is 0 Å². The molecule has 0 spiro atoms. The molecule has 112 valence electrons. The van der Waals surface area contributed by atoms with Crippen LogP contribution < -0.4 is 4.74 Å². The number of ether oxygens (including phenoxy) is 1. The van der Waals surface area contributed by atoms with Gasteiger partial charge in [0.25, 0.3) is 0 Å². The van der Waals surface area contributed by atoms with Gasteiger partial charge in [-0.3, -0.25) is 4.79 Å². The number of hydrogen-bond donors (Lipinski definition) is 1. The third-order valence-corrected chi connectivity index (χ3v) is 4.45. The minimum atomic E-state index is -0.714. The molecule has 1 saturated heterocycles. The fourth-order valence-electron chi connectivity index (χ4n) is 2.72. The van der Waals surface area contributed by atoms with Gasteiger partial charge in [-0.05, 0) is 35.3 Å². The monoisotopic (exact) mass is 287 g/mol. The molecule has 0 unspecified atom stereocenters. The molecule has 2 heterocycles. The number of rotatable bonds is 3. The first-order chi connectivity index (χ1) is 9.98. The van der Waals surface area contributed by atoms with E-state index in [2.05, 4.69) is 6.07 Å². The molecule has 1 amide bonds. The van der Waals surface area contributed by atoms with Crippen LogP contribution in [0.2, 0.25) is 0 Å². The van der Waals surface area contributed by atoms with Crippen molar-refractivity contribution in [3.8, 4) is 5.75 Å². The molecule has 3 rings (SSSR count). The van der Waals surface area contributed by atoms with E-state index < -0.39 is 5.60 Å². The van der Waals surface area contributed by atoms with E-state index in [4.69, 9.17) is 4.74 Å². The lowest BCUT2D eigenvalue weighted by molar-refractivity contribution is -0.158. The Hall–Kier alpha value is -1.81. The predicted molar refractivity (Wildman–Crippen MR) is 81.0 cm³/mol. The van der Waals surface area contributed by atoms with Gasteiger partial charge >= 0.3 is 0 Å². The zero-order valence-electron chi connectivity index (χ0n) is 12.5. The third kappa shape index (κ3) is 2.68. The molecular formula is C17H21NO3. The maximum atomic E-state index is 12.0. The zero-order chi connectivity index (χ0) is 15.0. The number of aliphatic hydroxyl groups is 1. The van der Waals surface area contributed by atoms with Gasteiger partial charge in [0, 0.05) is 12.5 Å². The molecule has 0 radical (unpaired) electrons. The van der Waals surface area contributed by atoms with Gasteiger partial charge in [0.15, 0.2) is 0 Å². The molecule has 4 nitrogen and oxygen atoms in total. The van der Waals surface area contributed by atoms with E-state index >= 15 is 0 Å². The van der Waals surface area contributed by atoms with E-state index in [1.807, 2.05) is 32.1 Å². The van der Waals surface area contributed by atoms with Crippen LogP contribution in [0.25, 0.3) is 6.08 Å². The maximum Gasteiger partial charge on any atom is 0.246 e. The van der Waals surface area contributed by atoms with Crippen LogP contribution in [0.5, 0.6) is 5.75 Å². The lowest BCUT2D eigenvalue weighted by atomic mass is 9.83. The summed E-state index contributed by atoms with van der Waals surface area (Å²) in [4.78, 5) is 13.7. The molecule has 0 aliphatic carbocycles. The number of hydrogen-bond acceptors (Lipinski definition) is 3. The molecule has 0 atom stereocenters. The highest BCUT2D eigenvalue weighted by Crippen LogP contribution is 2.29. The summed E-state index contributed by atoms with van der Waals surface area (Å²) in [5.41, 5.74) is 1.49. The summed E-state index contributed by atoms with van der Waals surface area (Å²) in [7, 11) is 0. The lowest BCUT2D eigenvalue weighted by Crippen LogP contribution is -2.65. The SMILES string of the molecule is CC(C)C1(O)CN(C(=O)C=Cc2ccc3c(c2)CCO3)C1. The first kappa shape index (κ1) is 14.1. The summed E-state index contributed by atoms with van der Waals surface area (Å²) in [5.74, 6) is 1.07. The number of carbonyl (C=O) groups is 1. The summed E-state index contributed by atoms with van der Waals surface area (Å²) in [6, 6.07) is 5.97. The van der Waals surface area contributed by atoms with E-state index in [9.17, 15) is 9.90 Å². The van der Waals surface area contributed by atoms with Gasteiger partial charge in [-0.2, -0.15) is 0 Å². The number of fused-ring (bicyclic) bond motifs is 1. The Labute approximate surface area is 125 Å². The van der Waals surface area contributed by atoms with Gasteiger partial charge in [-0.15, -0.1) is 0 Å². The normalized spacial score (nSPS) is 19.5. The van der Waals surface area contributed by atoms with Crippen molar-refractivity contribution < 1.29 is 14.6 Å². The first-order valence-electron chi connectivity index (χ1n) is 7.43. The van der Waals surface area contributed by atoms with Gasteiger partial charge in [-0.1, -0.05) is 19.9 Å². The second kappa shape index (κ2) is 5.19. The Balaban J connectivity index is 1.61. The van der Waals surface area contributed by atoms with Crippen LogP contribution >= 0.6 is 0 Å². The highest BCUT2D eigenvalue weighted by molar-refractivity contribution is 5.92. The average molecular weight is 287 g/mol. The Morgan fingerprint density at radius 3 is 2.90 bits per heavy atom. The van der Waals surface area contributed by atoms with Crippen molar-refractivity contribution in [2.45, 2.75) is 25.9 Å². The largest absolute Gasteiger partial charge is 0.493 e. The number of benzene rings is 1. The number of carbonyl (C=O) groups excluding carboxylic acids is 1. The molecule has 1 N–H and O–H groups in total. The number of β-amino-alcohol motifs (C(OH)–C–C–N with tert-alkyl or cyclic N) is 1. The third-order valence-electron chi connectivity index (χ3n) is 4.45.